The van der Waals surface area contributed by atoms with Crippen LogP contribution in [-0.2, 0) is 4.79 Å². The maximum atomic E-state index is 11.8. The summed E-state index contributed by atoms with van der Waals surface area (Å²) in [5.74, 6) is 0.268. The van der Waals surface area contributed by atoms with Gasteiger partial charge in [-0.3, -0.25) is 4.79 Å². The Morgan fingerprint density at radius 1 is 1.50 bits per heavy atom. The zero-order chi connectivity index (χ0) is 12.3. The molecule has 88 valence electrons. The quantitative estimate of drug-likeness (QED) is 0.865. The molecular weight excluding hydrogens is 291 g/mol. The van der Waals surface area contributed by atoms with E-state index in [2.05, 4.69) is 26.2 Å². The molecule has 1 aromatic rings. The molecule has 1 unspecified atom stereocenters. The number of aromatic nitrogens is 1. The third kappa shape index (κ3) is 3.46. The lowest BCUT2D eigenvalue weighted by Gasteiger charge is -2.15. The van der Waals surface area contributed by atoms with Crippen LogP contribution in [0.25, 0.3) is 0 Å². The molecule has 1 heterocycles. The molecule has 1 rings (SSSR count). The maximum absolute atomic E-state index is 11.8. The van der Waals surface area contributed by atoms with Gasteiger partial charge in [-0.15, -0.1) is 0 Å². The Labute approximate surface area is 109 Å². The third-order valence-corrected chi connectivity index (χ3v) is 3.61. The standard InChI is InChI=1S/C11H14BrClN2O/c1-6(2)7(3)11(16)15-8-4-9(12)10(13)14-5-8/h4-7H,1-3H3,(H,15,16). The van der Waals surface area contributed by atoms with Crippen molar-refractivity contribution in [3.05, 3.63) is 21.9 Å². The number of anilines is 1. The van der Waals surface area contributed by atoms with E-state index in [1.807, 2.05) is 20.8 Å². The smallest absolute Gasteiger partial charge is 0.227 e. The number of carbonyl (C=O) groups is 1. The van der Waals surface area contributed by atoms with Crippen molar-refractivity contribution in [1.29, 1.82) is 0 Å². The fourth-order valence-corrected chi connectivity index (χ4v) is 1.50. The van der Waals surface area contributed by atoms with Gasteiger partial charge in [-0.1, -0.05) is 32.4 Å². The SMILES string of the molecule is CC(C)C(C)C(=O)Nc1cnc(Cl)c(Br)c1. The molecule has 1 aromatic heterocycles. The van der Waals surface area contributed by atoms with Crippen molar-refractivity contribution in [2.24, 2.45) is 11.8 Å². The summed E-state index contributed by atoms with van der Waals surface area (Å²) in [6.45, 7) is 5.93. The van der Waals surface area contributed by atoms with Crippen LogP contribution in [0.2, 0.25) is 5.15 Å². The van der Waals surface area contributed by atoms with Crippen LogP contribution < -0.4 is 5.32 Å². The Morgan fingerprint density at radius 3 is 2.62 bits per heavy atom. The van der Waals surface area contributed by atoms with Gasteiger partial charge in [-0.05, 0) is 27.9 Å². The van der Waals surface area contributed by atoms with Gasteiger partial charge in [0.25, 0.3) is 0 Å². The minimum Gasteiger partial charge on any atom is -0.324 e. The Balaban J connectivity index is 2.74. The fourth-order valence-electron chi connectivity index (χ4n) is 1.05. The molecule has 0 aliphatic carbocycles. The van der Waals surface area contributed by atoms with Gasteiger partial charge in [0.05, 0.1) is 16.4 Å². The number of halogens is 2. The first-order valence-corrected chi connectivity index (χ1v) is 6.20. The van der Waals surface area contributed by atoms with E-state index in [1.54, 1.807) is 6.07 Å². The van der Waals surface area contributed by atoms with E-state index in [0.29, 0.717) is 21.2 Å². The zero-order valence-corrected chi connectivity index (χ0v) is 11.8. The molecule has 0 radical (unpaired) electrons. The Hall–Kier alpha value is -0.610. The number of pyridine rings is 1. The summed E-state index contributed by atoms with van der Waals surface area (Å²) in [6.07, 6.45) is 1.54. The van der Waals surface area contributed by atoms with Gasteiger partial charge in [0.15, 0.2) is 0 Å². The molecule has 3 nitrogen and oxygen atoms in total. The highest BCUT2D eigenvalue weighted by Crippen LogP contribution is 2.23. The first kappa shape index (κ1) is 13.5. The van der Waals surface area contributed by atoms with E-state index >= 15 is 0 Å². The van der Waals surface area contributed by atoms with Crippen LogP contribution in [0.1, 0.15) is 20.8 Å². The minimum absolute atomic E-state index is 0.00831. The van der Waals surface area contributed by atoms with Gasteiger partial charge in [0.2, 0.25) is 5.91 Å². The average molecular weight is 306 g/mol. The van der Waals surface area contributed by atoms with Crippen molar-refractivity contribution >= 4 is 39.1 Å². The molecule has 0 saturated heterocycles. The van der Waals surface area contributed by atoms with Crippen LogP contribution in [0.3, 0.4) is 0 Å². The summed E-state index contributed by atoms with van der Waals surface area (Å²) in [6, 6.07) is 1.74. The van der Waals surface area contributed by atoms with Gasteiger partial charge in [0.1, 0.15) is 5.15 Å². The summed E-state index contributed by atoms with van der Waals surface area (Å²) in [5, 5.41) is 3.19. The second kappa shape index (κ2) is 5.64. The molecule has 0 saturated carbocycles. The number of rotatable bonds is 3. The van der Waals surface area contributed by atoms with Crippen LogP contribution >= 0.6 is 27.5 Å². The number of amides is 1. The number of hydrogen-bond acceptors (Lipinski definition) is 2. The first-order valence-electron chi connectivity index (χ1n) is 5.03. The monoisotopic (exact) mass is 304 g/mol. The largest absolute Gasteiger partial charge is 0.324 e. The molecule has 0 aliphatic rings. The zero-order valence-electron chi connectivity index (χ0n) is 9.42. The summed E-state index contributed by atoms with van der Waals surface area (Å²) in [4.78, 5) is 15.7. The van der Waals surface area contributed by atoms with Crippen molar-refractivity contribution in [2.75, 3.05) is 5.32 Å². The highest BCUT2D eigenvalue weighted by Gasteiger charge is 2.16. The maximum Gasteiger partial charge on any atom is 0.227 e. The first-order chi connectivity index (χ1) is 7.41. The highest BCUT2D eigenvalue weighted by atomic mass is 79.9. The molecule has 0 aliphatic heterocycles. The molecule has 0 fully saturated rings. The van der Waals surface area contributed by atoms with E-state index < -0.39 is 0 Å². The van der Waals surface area contributed by atoms with Gasteiger partial charge >= 0.3 is 0 Å². The van der Waals surface area contributed by atoms with E-state index in [-0.39, 0.29) is 11.8 Å². The highest BCUT2D eigenvalue weighted by molar-refractivity contribution is 9.10. The molecule has 5 heteroatoms. The number of nitrogens with zero attached hydrogens (tertiary/aromatic N) is 1. The topological polar surface area (TPSA) is 42.0 Å². The molecular formula is C11H14BrClN2O. The van der Waals surface area contributed by atoms with Crippen molar-refractivity contribution in [3.63, 3.8) is 0 Å². The molecule has 1 atom stereocenters. The van der Waals surface area contributed by atoms with E-state index in [0.717, 1.165) is 0 Å². The lowest BCUT2D eigenvalue weighted by Crippen LogP contribution is -2.24. The summed E-state index contributed by atoms with van der Waals surface area (Å²) >= 11 is 9.02. The van der Waals surface area contributed by atoms with Crippen LogP contribution in [0, 0.1) is 11.8 Å². The summed E-state index contributed by atoms with van der Waals surface area (Å²) < 4.78 is 0.671. The van der Waals surface area contributed by atoms with Crippen molar-refractivity contribution in [1.82, 2.24) is 4.98 Å². The summed E-state index contributed by atoms with van der Waals surface area (Å²) in [5.41, 5.74) is 0.647. The second-order valence-electron chi connectivity index (χ2n) is 4.02. The van der Waals surface area contributed by atoms with Crippen molar-refractivity contribution in [3.8, 4) is 0 Å². The lowest BCUT2D eigenvalue weighted by atomic mass is 9.97. The third-order valence-electron chi connectivity index (χ3n) is 2.48. The molecule has 0 aromatic carbocycles. The minimum atomic E-state index is -0.0329. The summed E-state index contributed by atoms with van der Waals surface area (Å²) in [7, 11) is 0. The predicted molar refractivity (Wildman–Crippen MR) is 69.6 cm³/mol. The normalized spacial score (nSPS) is 12.6. The molecule has 16 heavy (non-hydrogen) atoms. The number of hydrogen-bond donors (Lipinski definition) is 1. The average Bonchev–Trinajstić information content (AvgIpc) is 2.22. The van der Waals surface area contributed by atoms with E-state index in [4.69, 9.17) is 11.6 Å². The van der Waals surface area contributed by atoms with Crippen LogP contribution in [0.4, 0.5) is 5.69 Å². The molecule has 0 bridgehead atoms. The van der Waals surface area contributed by atoms with Gasteiger partial charge < -0.3 is 5.32 Å². The second-order valence-corrected chi connectivity index (χ2v) is 5.23. The van der Waals surface area contributed by atoms with Crippen molar-refractivity contribution in [2.45, 2.75) is 20.8 Å². The van der Waals surface area contributed by atoms with Crippen molar-refractivity contribution < 1.29 is 4.79 Å². The Morgan fingerprint density at radius 2 is 2.12 bits per heavy atom. The number of nitrogens with one attached hydrogen (secondary N) is 1. The van der Waals surface area contributed by atoms with E-state index in [1.165, 1.54) is 6.20 Å². The number of carbonyl (C=O) groups excluding carboxylic acids is 1. The van der Waals surface area contributed by atoms with Crippen LogP contribution in [0.15, 0.2) is 16.7 Å². The Bertz CT molecular complexity index is 396. The van der Waals surface area contributed by atoms with E-state index in [9.17, 15) is 4.79 Å². The molecule has 1 N–H and O–H groups in total. The predicted octanol–water partition coefficient (Wildman–Crippen LogP) is 3.73. The lowest BCUT2D eigenvalue weighted by molar-refractivity contribution is -0.120. The van der Waals surface area contributed by atoms with Crippen LogP contribution in [0.5, 0.6) is 0 Å². The fraction of sp³-hybridized carbons (Fsp3) is 0.455. The Kier molecular flexibility index (Phi) is 4.74. The molecule has 0 spiro atoms. The van der Waals surface area contributed by atoms with Gasteiger partial charge in [-0.2, -0.15) is 0 Å². The van der Waals surface area contributed by atoms with Gasteiger partial charge in [0, 0.05) is 5.92 Å². The molecule has 1 amide bonds. The van der Waals surface area contributed by atoms with Gasteiger partial charge in [-0.25, -0.2) is 4.98 Å². The van der Waals surface area contributed by atoms with Crippen LogP contribution in [-0.4, -0.2) is 10.9 Å².